The molecule has 6 nitrogen and oxygen atoms in total. The van der Waals surface area contributed by atoms with Gasteiger partial charge in [-0.05, 0) is 23.8 Å². The highest BCUT2D eigenvalue weighted by Crippen LogP contribution is 2.25. The number of hydrogen-bond donors (Lipinski definition) is 2. The van der Waals surface area contributed by atoms with Crippen LogP contribution in [0.3, 0.4) is 0 Å². The summed E-state index contributed by atoms with van der Waals surface area (Å²) in [6.45, 7) is -0.0147. The van der Waals surface area contributed by atoms with Crippen molar-refractivity contribution in [3.8, 4) is 12.1 Å². The van der Waals surface area contributed by atoms with E-state index < -0.39 is 0 Å². The number of nitrogen functional groups attached to an aromatic ring is 1. The van der Waals surface area contributed by atoms with Crippen LogP contribution in [-0.4, -0.2) is 21.5 Å². The minimum absolute atomic E-state index is 0.121. The molecular formula is C15H12ClN5O. The molecule has 0 atom stereocenters. The number of nitriles is 2. The number of aliphatic hydroxyl groups excluding tert-OH is 1. The first-order valence-electron chi connectivity index (χ1n) is 6.35. The summed E-state index contributed by atoms with van der Waals surface area (Å²) in [7, 11) is 0. The maximum absolute atomic E-state index is 9.35. The Morgan fingerprint density at radius 1 is 1.36 bits per heavy atom. The normalized spacial score (nSPS) is 11.0. The van der Waals surface area contributed by atoms with Crippen molar-refractivity contribution in [2.45, 2.75) is 6.54 Å². The molecule has 0 aliphatic carbocycles. The highest BCUT2D eigenvalue weighted by Gasteiger charge is 2.18. The van der Waals surface area contributed by atoms with Gasteiger partial charge in [0, 0.05) is 5.02 Å². The van der Waals surface area contributed by atoms with Crippen LogP contribution in [0.4, 0.5) is 5.82 Å². The summed E-state index contributed by atoms with van der Waals surface area (Å²) < 4.78 is 1.31. The van der Waals surface area contributed by atoms with Gasteiger partial charge in [0.05, 0.1) is 18.7 Å². The van der Waals surface area contributed by atoms with Gasteiger partial charge in [-0.3, -0.25) is 0 Å². The largest absolute Gasteiger partial charge is 0.394 e. The summed E-state index contributed by atoms with van der Waals surface area (Å²) in [6.07, 6.45) is 1.60. The first-order valence-corrected chi connectivity index (χ1v) is 6.73. The molecule has 0 spiro atoms. The molecule has 3 N–H and O–H groups in total. The van der Waals surface area contributed by atoms with Crippen molar-refractivity contribution >= 4 is 29.1 Å². The predicted octanol–water partition coefficient (Wildman–Crippen LogP) is 2.05. The van der Waals surface area contributed by atoms with Crippen molar-refractivity contribution in [1.29, 1.82) is 10.5 Å². The second-order valence-electron chi connectivity index (χ2n) is 4.39. The fourth-order valence-electron chi connectivity index (χ4n) is 1.92. The molecule has 1 aromatic carbocycles. The Morgan fingerprint density at radius 2 is 2.05 bits per heavy atom. The zero-order valence-electron chi connectivity index (χ0n) is 11.5. The molecule has 0 unspecified atom stereocenters. The molecule has 0 radical (unpaired) electrons. The number of halogens is 1. The molecule has 110 valence electrons. The van der Waals surface area contributed by atoms with Crippen molar-refractivity contribution in [3.63, 3.8) is 0 Å². The minimum atomic E-state index is -0.168. The third kappa shape index (κ3) is 3.09. The standard InChI is InChI=1S/C15H12ClN5O/c16-12-3-1-10(2-4-12)7-11(8-17)14-13(9-18)15(19)21(20-14)5-6-22/h1-4,7,22H,5-6,19H2/b11-7-. The molecule has 0 aliphatic heterocycles. The van der Waals surface area contributed by atoms with Gasteiger partial charge >= 0.3 is 0 Å². The molecule has 0 saturated carbocycles. The number of aliphatic hydroxyl groups is 1. The summed E-state index contributed by atoms with van der Waals surface area (Å²) in [5, 5.41) is 32.3. The van der Waals surface area contributed by atoms with E-state index in [-0.39, 0.29) is 35.8 Å². The maximum Gasteiger partial charge on any atom is 0.140 e. The Bertz CT molecular complexity index is 793. The molecule has 2 rings (SSSR count). The zero-order valence-corrected chi connectivity index (χ0v) is 12.2. The van der Waals surface area contributed by atoms with Crippen LogP contribution < -0.4 is 5.73 Å². The molecule has 0 fully saturated rings. The fourth-order valence-corrected chi connectivity index (χ4v) is 2.04. The number of rotatable bonds is 4. The number of hydrogen-bond acceptors (Lipinski definition) is 5. The topological polar surface area (TPSA) is 112 Å². The lowest BCUT2D eigenvalue weighted by Gasteiger charge is -1.99. The van der Waals surface area contributed by atoms with Gasteiger partial charge in [0.2, 0.25) is 0 Å². The summed E-state index contributed by atoms with van der Waals surface area (Å²) >= 11 is 5.82. The van der Waals surface area contributed by atoms with E-state index in [9.17, 15) is 10.5 Å². The Balaban J connectivity index is 2.52. The van der Waals surface area contributed by atoms with E-state index in [0.29, 0.717) is 5.02 Å². The molecule has 1 aromatic heterocycles. The van der Waals surface area contributed by atoms with Crippen LogP contribution in [0.5, 0.6) is 0 Å². The predicted molar refractivity (Wildman–Crippen MR) is 83.4 cm³/mol. The Kier molecular flexibility index (Phi) is 4.80. The van der Waals surface area contributed by atoms with E-state index in [2.05, 4.69) is 5.10 Å². The second kappa shape index (κ2) is 6.77. The Labute approximate surface area is 132 Å². The van der Waals surface area contributed by atoms with Crippen LogP contribution in [-0.2, 0) is 6.54 Å². The molecule has 0 saturated heterocycles. The first kappa shape index (κ1) is 15.6. The quantitative estimate of drug-likeness (QED) is 0.839. The Morgan fingerprint density at radius 3 is 2.59 bits per heavy atom. The molecule has 1 heterocycles. The van der Waals surface area contributed by atoms with Gasteiger partial charge in [-0.2, -0.15) is 15.6 Å². The summed E-state index contributed by atoms with van der Waals surface area (Å²) in [5.74, 6) is 0.129. The lowest BCUT2D eigenvalue weighted by atomic mass is 10.1. The third-order valence-corrected chi connectivity index (χ3v) is 3.22. The van der Waals surface area contributed by atoms with Gasteiger partial charge in [-0.15, -0.1) is 0 Å². The molecule has 0 aliphatic rings. The summed E-state index contributed by atoms with van der Waals surface area (Å²) in [6, 6.07) is 10.9. The van der Waals surface area contributed by atoms with Gasteiger partial charge in [0.1, 0.15) is 29.2 Å². The fraction of sp³-hybridized carbons (Fsp3) is 0.133. The van der Waals surface area contributed by atoms with Crippen LogP contribution in [0.15, 0.2) is 24.3 Å². The van der Waals surface area contributed by atoms with Crippen LogP contribution in [0, 0.1) is 22.7 Å². The number of benzene rings is 1. The SMILES string of the molecule is N#C/C(=C/c1ccc(Cl)cc1)c1nn(CCO)c(N)c1C#N. The average Bonchev–Trinajstić information content (AvgIpc) is 2.83. The van der Waals surface area contributed by atoms with Crippen molar-refractivity contribution < 1.29 is 5.11 Å². The molecule has 22 heavy (non-hydrogen) atoms. The first-order chi connectivity index (χ1) is 10.6. The highest BCUT2D eigenvalue weighted by molar-refractivity contribution is 6.30. The van der Waals surface area contributed by atoms with Gasteiger partial charge in [-0.1, -0.05) is 23.7 Å². The number of anilines is 1. The highest BCUT2D eigenvalue weighted by atomic mass is 35.5. The van der Waals surface area contributed by atoms with Crippen LogP contribution in [0.2, 0.25) is 5.02 Å². The van der Waals surface area contributed by atoms with Gasteiger partial charge in [0.25, 0.3) is 0 Å². The number of nitrogens with two attached hydrogens (primary N) is 1. The molecular weight excluding hydrogens is 302 g/mol. The maximum atomic E-state index is 9.35. The number of aromatic nitrogens is 2. The van der Waals surface area contributed by atoms with Crippen molar-refractivity contribution in [2.75, 3.05) is 12.3 Å². The van der Waals surface area contributed by atoms with E-state index in [1.807, 2.05) is 12.1 Å². The molecule has 0 bridgehead atoms. The van der Waals surface area contributed by atoms with Crippen molar-refractivity contribution in [2.24, 2.45) is 0 Å². The summed E-state index contributed by atoms with van der Waals surface area (Å²) in [4.78, 5) is 0. The minimum Gasteiger partial charge on any atom is -0.394 e. The van der Waals surface area contributed by atoms with E-state index in [1.54, 1.807) is 30.3 Å². The molecule has 0 amide bonds. The lowest BCUT2D eigenvalue weighted by Crippen LogP contribution is -2.07. The second-order valence-corrected chi connectivity index (χ2v) is 4.83. The Hall–Kier alpha value is -2.80. The monoisotopic (exact) mass is 313 g/mol. The van der Waals surface area contributed by atoms with E-state index in [4.69, 9.17) is 22.4 Å². The zero-order chi connectivity index (χ0) is 16.1. The van der Waals surface area contributed by atoms with Crippen LogP contribution in [0.1, 0.15) is 16.8 Å². The summed E-state index contributed by atoms with van der Waals surface area (Å²) in [5.41, 5.74) is 7.10. The van der Waals surface area contributed by atoms with Crippen molar-refractivity contribution in [3.05, 3.63) is 46.1 Å². The number of allylic oxidation sites excluding steroid dienone is 1. The van der Waals surface area contributed by atoms with Gasteiger partial charge in [-0.25, -0.2) is 4.68 Å². The van der Waals surface area contributed by atoms with Crippen molar-refractivity contribution in [1.82, 2.24) is 9.78 Å². The number of nitrogens with zero attached hydrogens (tertiary/aromatic N) is 4. The lowest BCUT2D eigenvalue weighted by molar-refractivity contribution is 0.270. The van der Waals surface area contributed by atoms with Crippen LogP contribution in [0.25, 0.3) is 11.6 Å². The van der Waals surface area contributed by atoms with E-state index in [1.165, 1.54) is 4.68 Å². The average molecular weight is 314 g/mol. The smallest absolute Gasteiger partial charge is 0.140 e. The van der Waals surface area contributed by atoms with Crippen LogP contribution >= 0.6 is 11.6 Å². The third-order valence-electron chi connectivity index (χ3n) is 2.97. The van der Waals surface area contributed by atoms with Gasteiger partial charge in [0.15, 0.2) is 0 Å². The molecule has 7 heteroatoms. The van der Waals surface area contributed by atoms with E-state index >= 15 is 0 Å². The molecule has 2 aromatic rings. The van der Waals surface area contributed by atoms with E-state index in [0.717, 1.165) is 5.56 Å². The van der Waals surface area contributed by atoms with Gasteiger partial charge < -0.3 is 10.8 Å².